The summed E-state index contributed by atoms with van der Waals surface area (Å²) in [6.07, 6.45) is 2.04. The number of carbonyl (C=O) groups is 1. The number of benzene rings is 3. The molecule has 0 radical (unpaired) electrons. The first-order valence-electron chi connectivity index (χ1n) is 8.76. The van der Waals surface area contributed by atoms with Crippen LogP contribution in [0.4, 0.5) is 0 Å². The quantitative estimate of drug-likeness (QED) is 0.425. The standard InChI is InChI=1S/C24H18O/c1-15(25)16-10-11-22-23(14-16)20-8-4-5-9-21(20)24(22)19-12-17-6-2-3-7-18(17)13-19/h2-11,14H,12-13H2,1H3. The summed E-state index contributed by atoms with van der Waals surface area (Å²) in [5.74, 6) is 0.120. The molecule has 2 aliphatic carbocycles. The number of allylic oxidation sites excluding steroid dienone is 1. The number of Topliss-reactive ketones (excluding diaryl/α,β-unsaturated/α-hetero) is 1. The van der Waals surface area contributed by atoms with E-state index in [1.807, 2.05) is 6.07 Å². The van der Waals surface area contributed by atoms with Gasteiger partial charge >= 0.3 is 0 Å². The average molecular weight is 322 g/mol. The highest BCUT2D eigenvalue weighted by molar-refractivity contribution is 6.05. The van der Waals surface area contributed by atoms with Crippen molar-refractivity contribution in [1.82, 2.24) is 0 Å². The summed E-state index contributed by atoms with van der Waals surface area (Å²) in [4.78, 5) is 11.8. The molecule has 0 N–H and O–H groups in total. The van der Waals surface area contributed by atoms with E-state index in [-0.39, 0.29) is 5.78 Å². The molecule has 0 saturated carbocycles. The molecule has 0 bridgehead atoms. The van der Waals surface area contributed by atoms with Crippen LogP contribution in [0.15, 0.2) is 72.3 Å². The molecule has 120 valence electrons. The first-order valence-corrected chi connectivity index (χ1v) is 8.76. The molecule has 1 heteroatoms. The SMILES string of the molecule is CC(=O)c1ccc2c(c1)-c1ccccc1C2=C1Cc2ccccc2C1. The predicted molar refractivity (Wildman–Crippen MR) is 102 cm³/mol. The van der Waals surface area contributed by atoms with Crippen LogP contribution in [-0.2, 0) is 12.8 Å². The number of carbonyl (C=O) groups excluding carboxylic acids is 1. The highest BCUT2D eigenvalue weighted by atomic mass is 16.1. The van der Waals surface area contributed by atoms with Crippen molar-refractivity contribution in [1.29, 1.82) is 0 Å². The molecule has 25 heavy (non-hydrogen) atoms. The van der Waals surface area contributed by atoms with Crippen LogP contribution in [0.5, 0.6) is 0 Å². The number of ketones is 1. The van der Waals surface area contributed by atoms with Crippen LogP contribution in [0.1, 0.15) is 39.5 Å². The Morgan fingerprint density at radius 2 is 1.32 bits per heavy atom. The van der Waals surface area contributed by atoms with E-state index in [9.17, 15) is 4.79 Å². The lowest BCUT2D eigenvalue weighted by Crippen LogP contribution is -1.94. The fourth-order valence-corrected chi connectivity index (χ4v) is 4.27. The Kier molecular flexibility index (Phi) is 3.05. The molecule has 1 nitrogen and oxygen atoms in total. The first kappa shape index (κ1) is 14.4. The van der Waals surface area contributed by atoms with E-state index in [0.717, 1.165) is 18.4 Å². The fourth-order valence-electron chi connectivity index (χ4n) is 4.27. The second-order valence-corrected chi connectivity index (χ2v) is 6.96. The Morgan fingerprint density at radius 1 is 0.720 bits per heavy atom. The van der Waals surface area contributed by atoms with Crippen LogP contribution in [0.25, 0.3) is 16.7 Å². The van der Waals surface area contributed by atoms with E-state index in [2.05, 4.69) is 60.7 Å². The van der Waals surface area contributed by atoms with Crippen LogP contribution >= 0.6 is 0 Å². The minimum atomic E-state index is 0.120. The van der Waals surface area contributed by atoms with Gasteiger partial charge in [0.1, 0.15) is 0 Å². The molecule has 3 aromatic rings. The van der Waals surface area contributed by atoms with Crippen LogP contribution in [-0.4, -0.2) is 5.78 Å². The Balaban J connectivity index is 1.75. The van der Waals surface area contributed by atoms with Gasteiger partial charge in [0.15, 0.2) is 5.78 Å². The maximum atomic E-state index is 11.8. The molecular formula is C24H18O. The van der Waals surface area contributed by atoms with E-state index in [1.54, 1.807) is 6.92 Å². The lowest BCUT2D eigenvalue weighted by molar-refractivity contribution is 0.101. The Hall–Kier alpha value is -2.93. The number of hydrogen-bond acceptors (Lipinski definition) is 1. The molecule has 0 atom stereocenters. The summed E-state index contributed by atoms with van der Waals surface area (Å²) in [5.41, 5.74) is 11.6. The molecule has 0 spiro atoms. The van der Waals surface area contributed by atoms with Crippen molar-refractivity contribution < 1.29 is 4.79 Å². The monoisotopic (exact) mass is 322 g/mol. The molecule has 0 amide bonds. The minimum absolute atomic E-state index is 0.120. The first-order chi connectivity index (χ1) is 12.2. The van der Waals surface area contributed by atoms with Gasteiger partial charge < -0.3 is 0 Å². The predicted octanol–water partition coefficient (Wildman–Crippen LogP) is 5.47. The Labute approximate surface area is 147 Å². The van der Waals surface area contributed by atoms with Gasteiger partial charge in [0.05, 0.1) is 0 Å². The third kappa shape index (κ3) is 2.12. The highest BCUT2D eigenvalue weighted by Crippen LogP contribution is 2.48. The number of hydrogen-bond donors (Lipinski definition) is 0. The molecule has 0 unspecified atom stereocenters. The van der Waals surface area contributed by atoms with Crippen LogP contribution in [0.3, 0.4) is 0 Å². The van der Waals surface area contributed by atoms with E-state index in [1.165, 1.54) is 44.5 Å². The lowest BCUT2D eigenvalue weighted by atomic mass is 9.95. The lowest BCUT2D eigenvalue weighted by Gasteiger charge is -2.08. The molecule has 2 aliphatic rings. The maximum absolute atomic E-state index is 11.8. The minimum Gasteiger partial charge on any atom is -0.295 e. The third-order valence-electron chi connectivity index (χ3n) is 5.46. The molecule has 0 heterocycles. The number of fused-ring (bicyclic) bond motifs is 4. The van der Waals surface area contributed by atoms with Crippen LogP contribution in [0, 0.1) is 0 Å². The Bertz CT molecular complexity index is 1040. The van der Waals surface area contributed by atoms with Gasteiger partial charge in [-0.05, 0) is 64.8 Å². The van der Waals surface area contributed by atoms with Crippen LogP contribution in [0.2, 0.25) is 0 Å². The van der Waals surface area contributed by atoms with Gasteiger partial charge in [0.2, 0.25) is 0 Å². The molecule has 0 saturated heterocycles. The Morgan fingerprint density at radius 3 is 2.00 bits per heavy atom. The van der Waals surface area contributed by atoms with Crippen molar-refractivity contribution >= 4 is 11.4 Å². The largest absolute Gasteiger partial charge is 0.295 e. The van der Waals surface area contributed by atoms with Gasteiger partial charge in [-0.2, -0.15) is 0 Å². The zero-order valence-electron chi connectivity index (χ0n) is 14.2. The zero-order valence-corrected chi connectivity index (χ0v) is 14.2. The molecule has 5 rings (SSSR count). The van der Waals surface area contributed by atoms with Gasteiger partial charge in [-0.1, -0.05) is 66.2 Å². The fraction of sp³-hybridized carbons (Fsp3) is 0.125. The van der Waals surface area contributed by atoms with Gasteiger partial charge in [0, 0.05) is 5.56 Å². The summed E-state index contributed by atoms with van der Waals surface area (Å²) in [6.45, 7) is 1.63. The second kappa shape index (κ2) is 5.29. The molecule has 3 aromatic carbocycles. The third-order valence-corrected chi connectivity index (χ3v) is 5.46. The van der Waals surface area contributed by atoms with E-state index < -0.39 is 0 Å². The molecular weight excluding hydrogens is 304 g/mol. The topological polar surface area (TPSA) is 17.1 Å². The summed E-state index contributed by atoms with van der Waals surface area (Å²) in [5, 5.41) is 0. The van der Waals surface area contributed by atoms with Gasteiger partial charge in [-0.15, -0.1) is 0 Å². The number of rotatable bonds is 1. The summed E-state index contributed by atoms with van der Waals surface area (Å²) in [7, 11) is 0. The maximum Gasteiger partial charge on any atom is 0.159 e. The van der Waals surface area contributed by atoms with Crippen molar-refractivity contribution in [2.45, 2.75) is 19.8 Å². The molecule has 0 fully saturated rings. The highest BCUT2D eigenvalue weighted by Gasteiger charge is 2.28. The molecule has 0 aromatic heterocycles. The van der Waals surface area contributed by atoms with Gasteiger partial charge in [0.25, 0.3) is 0 Å². The van der Waals surface area contributed by atoms with Crippen molar-refractivity contribution in [3.8, 4) is 11.1 Å². The summed E-state index contributed by atoms with van der Waals surface area (Å²) >= 11 is 0. The van der Waals surface area contributed by atoms with Crippen molar-refractivity contribution in [2.75, 3.05) is 0 Å². The van der Waals surface area contributed by atoms with Crippen molar-refractivity contribution in [3.05, 3.63) is 100 Å². The van der Waals surface area contributed by atoms with Crippen molar-refractivity contribution in [3.63, 3.8) is 0 Å². The summed E-state index contributed by atoms with van der Waals surface area (Å²) < 4.78 is 0. The normalized spacial score (nSPS) is 14.3. The average Bonchev–Trinajstić information content (AvgIpc) is 3.19. The zero-order chi connectivity index (χ0) is 17.0. The van der Waals surface area contributed by atoms with Crippen LogP contribution < -0.4 is 0 Å². The smallest absolute Gasteiger partial charge is 0.159 e. The second-order valence-electron chi connectivity index (χ2n) is 6.96. The van der Waals surface area contributed by atoms with E-state index in [0.29, 0.717) is 0 Å². The summed E-state index contributed by atoms with van der Waals surface area (Å²) in [6, 6.07) is 23.5. The molecule has 0 aliphatic heterocycles. The van der Waals surface area contributed by atoms with E-state index in [4.69, 9.17) is 0 Å². The van der Waals surface area contributed by atoms with Gasteiger partial charge in [-0.3, -0.25) is 4.79 Å². The van der Waals surface area contributed by atoms with E-state index >= 15 is 0 Å². The van der Waals surface area contributed by atoms with Gasteiger partial charge in [-0.25, -0.2) is 0 Å². The van der Waals surface area contributed by atoms with Crippen molar-refractivity contribution in [2.24, 2.45) is 0 Å².